The van der Waals surface area contributed by atoms with Gasteiger partial charge in [-0.3, -0.25) is 14.1 Å². The number of aromatic hydroxyl groups is 1. The van der Waals surface area contributed by atoms with E-state index in [4.69, 9.17) is 4.52 Å². The van der Waals surface area contributed by atoms with E-state index in [9.17, 15) is 22.9 Å². The van der Waals surface area contributed by atoms with Gasteiger partial charge in [0.25, 0.3) is 5.56 Å². The zero-order valence-corrected chi connectivity index (χ0v) is 22.7. The van der Waals surface area contributed by atoms with Crippen LogP contribution in [0.15, 0.2) is 75.6 Å². The van der Waals surface area contributed by atoms with Crippen LogP contribution in [0.3, 0.4) is 0 Å². The van der Waals surface area contributed by atoms with E-state index in [1.807, 2.05) is 35.7 Å². The van der Waals surface area contributed by atoms with Gasteiger partial charge in [-0.2, -0.15) is 9.86 Å². The maximum absolute atomic E-state index is 13.8. The Morgan fingerprint density at radius 3 is 2.58 bits per heavy atom. The van der Waals surface area contributed by atoms with Crippen molar-refractivity contribution in [3.8, 4) is 16.3 Å². The molecule has 2 aromatic carbocycles. The number of hydrogen-bond acceptors (Lipinski definition) is 9. The summed E-state index contributed by atoms with van der Waals surface area (Å²) in [5.74, 6) is -0.578. The van der Waals surface area contributed by atoms with Gasteiger partial charge in [0, 0.05) is 12.8 Å². The predicted molar refractivity (Wildman–Crippen MR) is 148 cm³/mol. The fourth-order valence-corrected chi connectivity index (χ4v) is 6.76. The highest BCUT2D eigenvalue weighted by atomic mass is 32.2. The van der Waals surface area contributed by atoms with Gasteiger partial charge in [-0.05, 0) is 35.2 Å². The number of sulfonamides is 1. The molecule has 0 bridgehead atoms. The molecule has 5 rings (SSSR count). The molecule has 14 heteroatoms. The minimum atomic E-state index is -3.98. The molecular weight excluding hydrogens is 549 g/mol. The van der Waals surface area contributed by atoms with Gasteiger partial charge in [0.05, 0.1) is 28.7 Å². The third-order valence-electron chi connectivity index (χ3n) is 5.63. The predicted octanol–water partition coefficient (Wildman–Crippen LogP) is 3.43. The van der Waals surface area contributed by atoms with Gasteiger partial charge in [-0.15, -0.1) is 11.3 Å². The largest absolute Gasteiger partial charge is 0.505 e. The molecule has 0 aliphatic carbocycles. The van der Waals surface area contributed by atoms with E-state index >= 15 is 0 Å². The Morgan fingerprint density at radius 2 is 1.92 bits per heavy atom. The molecule has 0 saturated carbocycles. The first-order chi connectivity index (χ1) is 18.1. The molecule has 3 N–H and O–H groups in total. The van der Waals surface area contributed by atoms with Gasteiger partial charge in [0.15, 0.2) is 11.6 Å². The van der Waals surface area contributed by atoms with Crippen molar-refractivity contribution < 1.29 is 22.6 Å². The summed E-state index contributed by atoms with van der Waals surface area (Å²) < 4.78 is 50.2. The van der Waals surface area contributed by atoms with Crippen LogP contribution in [0.5, 0.6) is 5.75 Å². The molecule has 11 nitrogen and oxygen atoms in total. The average molecular weight is 572 g/mol. The molecule has 0 saturated heterocycles. The standard InChI is InChI=1S/C24H22N5O6PS2/c1-35-36(32)18-13-16(28-38(2,33)34)10-11-17(18)25-23(27-36)20-22(30)21(19-9-6-12-37-19)26-29(24(20)31)14-15-7-4-3-5-8-15/h3-13,28,30H,14H2,1-2H3,(H,25,27,32). The van der Waals surface area contributed by atoms with Crippen molar-refractivity contribution >= 4 is 51.4 Å². The van der Waals surface area contributed by atoms with Gasteiger partial charge in [0.1, 0.15) is 11.3 Å². The highest BCUT2D eigenvalue weighted by molar-refractivity contribution is 7.92. The lowest BCUT2D eigenvalue weighted by Crippen LogP contribution is -2.35. The van der Waals surface area contributed by atoms with Crippen molar-refractivity contribution in [2.45, 2.75) is 6.54 Å². The Morgan fingerprint density at radius 1 is 1.16 bits per heavy atom. The van der Waals surface area contributed by atoms with Gasteiger partial charge < -0.3 is 14.9 Å². The average Bonchev–Trinajstić information content (AvgIpc) is 3.41. The molecule has 4 aromatic rings. The number of thiophene rings is 1. The van der Waals surface area contributed by atoms with E-state index in [0.29, 0.717) is 4.88 Å². The summed E-state index contributed by atoms with van der Waals surface area (Å²) >= 11 is 1.33. The van der Waals surface area contributed by atoms with Crippen LogP contribution in [0, 0.1) is 0 Å². The first kappa shape index (κ1) is 25.9. The lowest BCUT2D eigenvalue weighted by molar-refractivity contribution is 0.404. The number of rotatable bonds is 7. The molecule has 0 fully saturated rings. The normalized spacial score (nSPS) is 16.8. The Hall–Kier alpha value is -3.77. The number of aromatic nitrogens is 2. The minimum Gasteiger partial charge on any atom is -0.505 e. The second kappa shape index (κ2) is 9.84. The number of nitrogens with zero attached hydrogens (tertiary/aromatic N) is 3. The second-order valence-corrected chi connectivity index (χ2v) is 13.2. The highest BCUT2D eigenvalue weighted by Gasteiger charge is 2.36. The van der Waals surface area contributed by atoms with E-state index < -0.39 is 28.9 Å². The van der Waals surface area contributed by atoms with Crippen molar-refractivity contribution in [3.63, 3.8) is 0 Å². The Balaban J connectivity index is 1.68. The molecule has 0 amide bonds. The van der Waals surface area contributed by atoms with E-state index in [0.717, 1.165) is 11.8 Å². The second-order valence-electron chi connectivity index (χ2n) is 8.38. The Labute approximate surface area is 222 Å². The van der Waals surface area contributed by atoms with Crippen LogP contribution >= 0.6 is 18.9 Å². The van der Waals surface area contributed by atoms with Crippen molar-refractivity contribution in [1.29, 1.82) is 0 Å². The summed E-state index contributed by atoms with van der Waals surface area (Å²) in [7, 11) is -6.37. The smallest absolute Gasteiger partial charge is 0.348 e. The molecule has 1 aliphatic rings. The maximum atomic E-state index is 13.8. The number of amidine groups is 1. The monoisotopic (exact) mass is 571 g/mol. The fraction of sp³-hybridized carbons (Fsp3) is 0.125. The maximum Gasteiger partial charge on any atom is 0.348 e. The molecule has 1 aliphatic heterocycles. The van der Waals surface area contributed by atoms with Crippen LogP contribution in [0.2, 0.25) is 0 Å². The topological polar surface area (TPSA) is 152 Å². The van der Waals surface area contributed by atoms with Gasteiger partial charge in [-0.25, -0.2) is 13.1 Å². The summed E-state index contributed by atoms with van der Waals surface area (Å²) in [5, 5.41) is 20.6. The lowest BCUT2D eigenvalue weighted by atomic mass is 10.1. The molecule has 38 heavy (non-hydrogen) atoms. The molecule has 0 radical (unpaired) electrons. The SMILES string of the molecule is COP1(=O)N=C(c2c(O)c(-c3cccs3)nn(Cc3ccccc3)c2=O)Nc2ccc(NS(C)(=O)=O)cc21. The van der Waals surface area contributed by atoms with Gasteiger partial charge in [-0.1, -0.05) is 36.4 Å². The van der Waals surface area contributed by atoms with Crippen LogP contribution in [0.25, 0.3) is 10.6 Å². The van der Waals surface area contributed by atoms with Crippen LogP contribution in [0.4, 0.5) is 11.4 Å². The van der Waals surface area contributed by atoms with Crippen LogP contribution < -0.4 is 20.9 Å². The van der Waals surface area contributed by atoms with Crippen LogP contribution in [-0.4, -0.2) is 42.5 Å². The molecule has 2 aromatic heterocycles. The van der Waals surface area contributed by atoms with Crippen molar-refractivity contribution in [2.75, 3.05) is 23.4 Å². The van der Waals surface area contributed by atoms with E-state index in [-0.39, 0.29) is 40.3 Å². The third-order valence-corrected chi connectivity index (χ3v) is 9.05. The molecule has 1 unspecified atom stereocenters. The molecule has 0 spiro atoms. The summed E-state index contributed by atoms with van der Waals surface area (Å²) in [4.78, 5) is 14.3. The van der Waals surface area contributed by atoms with E-state index in [1.165, 1.54) is 41.3 Å². The van der Waals surface area contributed by atoms with Crippen molar-refractivity contribution in [1.82, 2.24) is 9.78 Å². The number of fused-ring (bicyclic) bond motifs is 1. The zero-order valence-electron chi connectivity index (χ0n) is 20.2. The van der Waals surface area contributed by atoms with Crippen molar-refractivity contribution in [2.24, 2.45) is 4.76 Å². The number of nitrogens with one attached hydrogen (secondary N) is 2. The quantitative estimate of drug-likeness (QED) is 0.285. The number of anilines is 2. The molecule has 3 heterocycles. The Bertz CT molecular complexity index is 1770. The zero-order chi connectivity index (χ0) is 27.1. The molecular formula is C24H22N5O6PS2. The molecule has 196 valence electrons. The van der Waals surface area contributed by atoms with Crippen molar-refractivity contribution in [3.05, 3.63) is 87.5 Å². The fourth-order valence-electron chi connectivity index (χ4n) is 3.96. The Kier molecular flexibility index (Phi) is 6.70. The molecule has 1 atom stereocenters. The first-order valence-corrected chi connectivity index (χ1v) is 15.5. The van der Waals surface area contributed by atoms with Gasteiger partial charge in [0.2, 0.25) is 10.0 Å². The van der Waals surface area contributed by atoms with Crippen LogP contribution in [0.1, 0.15) is 11.1 Å². The highest BCUT2D eigenvalue weighted by Crippen LogP contribution is 2.52. The number of hydrogen-bond donors (Lipinski definition) is 3. The number of benzene rings is 2. The van der Waals surface area contributed by atoms with E-state index in [2.05, 4.69) is 19.9 Å². The van der Waals surface area contributed by atoms with E-state index in [1.54, 1.807) is 12.1 Å². The summed E-state index contributed by atoms with van der Waals surface area (Å²) in [6.45, 7) is 0.123. The van der Waals surface area contributed by atoms with Gasteiger partial charge >= 0.3 is 7.52 Å². The van der Waals surface area contributed by atoms with Crippen LogP contribution in [-0.2, 0) is 25.7 Å². The minimum absolute atomic E-state index is 0.106. The first-order valence-electron chi connectivity index (χ1n) is 11.2. The summed E-state index contributed by atoms with van der Waals surface area (Å²) in [6, 6.07) is 17.1. The summed E-state index contributed by atoms with van der Waals surface area (Å²) in [6.07, 6.45) is 0.995. The lowest BCUT2D eigenvalue weighted by Gasteiger charge is -2.25. The summed E-state index contributed by atoms with van der Waals surface area (Å²) in [5.41, 5.74) is 0.553. The third kappa shape index (κ3) is 5.01.